The molecular formula is C18H18N4OS. The second-order valence-electron chi connectivity index (χ2n) is 5.94. The standard InChI is InChI=1S/C18H18N4OS/c23-18(13-2-1-7-19-12-13)21-14-4-9-22(10-5-14)17-15-6-11-24-16(15)3-8-20-17/h1-3,6-8,11-12,14H,4-5,9-10H2,(H,21,23). The molecule has 0 aromatic carbocycles. The summed E-state index contributed by atoms with van der Waals surface area (Å²) in [5.41, 5.74) is 0.615. The summed E-state index contributed by atoms with van der Waals surface area (Å²) < 4.78 is 1.27. The van der Waals surface area contributed by atoms with Crippen LogP contribution < -0.4 is 10.2 Å². The maximum Gasteiger partial charge on any atom is 0.253 e. The Hall–Kier alpha value is -2.47. The third kappa shape index (κ3) is 2.97. The first kappa shape index (κ1) is 15.1. The molecule has 1 aliphatic heterocycles. The van der Waals surface area contributed by atoms with Crippen LogP contribution in [-0.2, 0) is 0 Å². The Balaban J connectivity index is 1.40. The van der Waals surface area contributed by atoms with E-state index in [1.54, 1.807) is 35.9 Å². The van der Waals surface area contributed by atoms with Gasteiger partial charge in [-0.25, -0.2) is 4.98 Å². The summed E-state index contributed by atoms with van der Waals surface area (Å²) in [4.78, 5) is 23.1. The van der Waals surface area contributed by atoms with E-state index in [2.05, 4.69) is 37.7 Å². The van der Waals surface area contributed by atoms with Crippen LogP contribution in [-0.4, -0.2) is 35.0 Å². The number of pyridine rings is 2. The molecule has 0 saturated carbocycles. The number of aromatic nitrogens is 2. The van der Waals surface area contributed by atoms with Crippen LogP contribution in [0.2, 0.25) is 0 Å². The first-order valence-corrected chi connectivity index (χ1v) is 8.97. The number of carbonyl (C=O) groups excluding carboxylic acids is 1. The predicted molar refractivity (Wildman–Crippen MR) is 96.6 cm³/mol. The van der Waals surface area contributed by atoms with Crippen molar-refractivity contribution >= 4 is 33.1 Å². The summed E-state index contributed by atoms with van der Waals surface area (Å²) >= 11 is 1.74. The highest BCUT2D eigenvalue weighted by molar-refractivity contribution is 7.17. The lowest BCUT2D eigenvalue weighted by Gasteiger charge is -2.33. The van der Waals surface area contributed by atoms with Gasteiger partial charge in [0.05, 0.1) is 5.56 Å². The van der Waals surface area contributed by atoms with E-state index >= 15 is 0 Å². The summed E-state index contributed by atoms with van der Waals surface area (Å²) in [6.07, 6.45) is 7.01. The highest BCUT2D eigenvalue weighted by atomic mass is 32.1. The van der Waals surface area contributed by atoms with Gasteiger partial charge in [-0.15, -0.1) is 11.3 Å². The van der Waals surface area contributed by atoms with Crippen molar-refractivity contribution in [1.29, 1.82) is 0 Å². The van der Waals surface area contributed by atoms with Crippen molar-refractivity contribution in [3.8, 4) is 0 Å². The van der Waals surface area contributed by atoms with Gasteiger partial charge in [0.15, 0.2) is 0 Å². The normalized spacial score (nSPS) is 15.6. The molecule has 0 aliphatic carbocycles. The average molecular weight is 338 g/mol. The van der Waals surface area contributed by atoms with Gasteiger partial charge in [0.1, 0.15) is 5.82 Å². The van der Waals surface area contributed by atoms with Crippen molar-refractivity contribution in [2.75, 3.05) is 18.0 Å². The zero-order chi connectivity index (χ0) is 16.4. The number of nitrogens with one attached hydrogen (secondary N) is 1. The number of thiophene rings is 1. The molecule has 0 unspecified atom stereocenters. The molecule has 0 spiro atoms. The molecule has 3 aromatic rings. The molecule has 3 aromatic heterocycles. The number of amides is 1. The average Bonchev–Trinajstić information content (AvgIpc) is 3.12. The van der Waals surface area contributed by atoms with E-state index < -0.39 is 0 Å². The molecule has 0 radical (unpaired) electrons. The fourth-order valence-electron chi connectivity index (χ4n) is 3.13. The van der Waals surface area contributed by atoms with E-state index in [4.69, 9.17) is 0 Å². The SMILES string of the molecule is O=C(NC1CCN(c2nccc3sccc23)CC1)c1cccnc1. The first-order valence-electron chi connectivity index (χ1n) is 8.09. The summed E-state index contributed by atoms with van der Waals surface area (Å²) in [5.74, 6) is 1.02. The molecular weight excluding hydrogens is 320 g/mol. The van der Waals surface area contributed by atoms with Crippen LogP contribution in [0.25, 0.3) is 10.1 Å². The van der Waals surface area contributed by atoms with E-state index in [1.165, 1.54) is 10.1 Å². The van der Waals surface area contributed by atoms with Crippen molar-refractivity contribution in [1.82, 2.24) is 15.3 Å². The lowest BCUT2D eigenvalue weighted by atomic mass is 10.0. The monoisotopic (exact) mass is 338 g/mol. The number of hydrogen-bond donors (Lipinski definition) is 1. The third-order valence-electron chi connectivity index (χ3n) is 4.41. The van der Waals surface area contributed by atoms with Crippen molar-refractivity contribution in [3.05, 3.63) is 53.8 Å². The lowest BCUT2D eigenvalue weighted by molar-refractivity contribution is 0.0930. The van der Waals surface area contributed by atoms with Crippen LogP contribution in [0.15, 0.2) is 48.2 Å². The van der Waals surface area contributed by atoms with E-state index in [0.717, 1.165) is 31.7 Å². The van der Waals surface area contributed by atoms with Gasteiger partial charge >= 0.3 is 0 Å². The number of nitrogens with zero attached hydrogens (tertiary/aromatic N) is 3. The van der Waals surface area contributed by atoms with Gasteiger partial charge in [0, 0.05) is 47.8 Å². The van der Waals surface area contributed by atoms with Crippen LogP contribution in [0.5, 0.6) is 0 Å². The topological polar surface area (TPSA) is 58.1 Å². The van der Waals surface area contributed by atoms with Crippen molar-refractivity contribution in [2.24, 2.45) is 0 Å². The molecule has 4 heterocycles. The van der Waals surface area contributed by atoms with Gasteiger partial charge < -0.3 is 10.2 Å². The molecule has 0 atom stereocenters. The molecule has 1 saturated heterocycles. The second kappa shape index (κ2) is 6.57. The summed E-state index contributed by atoms with van der Waals surface area (Å²) in [5, 5.41) is 6.45. The molecule has 6 heteroatoms. The zero-order valence-corrected chi connectivity index (χ0v) is 14.0. The van der Waals surface area contributed by atoms with Gasteiger partial charge in [0.2, 0.25) is 0 Å². The molecule has 24 heavy (non-hydrogen) atoms. The highest BCUT2D eigenvalue weighted by Gasteiger charge is 2.23. The number of piperidine rings is 1. The van der Waals surface area contributed by atoms with Gasteiger partial charge in [-0.3, -0.25) is 9.78 Å². The minimum absolute atomic E-state index is 0.0420. The number of fused-ring (bicyclic) bond motifs is 1. The molecule has 5 nitrogen and oxygen atoms in total. The zero-order valence-electron chi connectivity index (χ0n) is 13.2. The van der Waals surface area contributed by atoms with Crippen LogP contribution in [0.3, 0.4) is 0 Å². The summed E-state index contributed by atoms with van der Waals surface area (Å²) in [7, 11) is 0. The van der Waals surface area contributed by atoms with Gasteiger partial charge in [-0.1, -0.05) is 0 Å². The van der Waals surface area contributed by atoms with Crippen molar-refractivity contribution < 1.29 is 4.79 Å². The van der Waals surface area contributed by atoms with E-state index in [1.807, 2.05) is 6.20 Å². The third-order valence-corrected chi connectivity index (χ3v) is 5.29. The summed E-state index contributed by atoms with van der Waals surface area (Å²) in [6, 6.07) is 7.97. The van der Waals surface area contributed by atoms with Crippen LogP contribution in [0.1, 0.15) is 23.2 Å². The Kier molecular flexibility index (Phi) is 4.13. The molecule has 1 amide bonds. The minimum Gasteiger partial charge on any atom is -0.356 e. The highest BCUT2D eigenvalue weighted by Crippen LogP contribution is 2.30. The molecule has 1 fully saturated rings. The van der Waals surface area contributed by atoms with E-state index in [0.29, 0.717) is 5.56 Å². The van der Waals surface area contributed by atoms with Gasteiger partial charge in [-0.05, 0) is 42.5 Å². The molecule has 1 N–H and O–H groups in total. The number of hydrogen-bond acceptors (Lipinski definition) is 5. The summed E-state index contributed by atoms with van der Waals surface area (Å²) in [6.45, 7) is 1.81. The van der Waals surface area contributed by atoms with Crippen LogP contribution in [0.4, 0.5) is 5.82 Å². The smallest absolute Gasteiger partial charge is 0.253 e. The minimum atomic E-state index is -0.0420. The Labute approximate surface area is 144 Å². The quantitative estimate of drug-likeness (QED) is 0.797. The van der Waals surface area contributed by atoms with Crippen molar-refractivity contribution in [3.63, 3.8) is 0 Å². The van der Waals surface area contributed by atoms with Crippen LogP contribution >= 0.6 is 11.3 Å². The molecule has 4 rings (SSSR count). The van der Waals surface area contributed by atoms with Gasteiger partial charge in [0.25, 0.3) is 5.91 Å². The largest absolute Gasteiger partial charge is 0.356 e. The number of rotatable bonds is 3. The maximum atomic E-state index is 12.2. The second-order valence-corrected chi connectivity index (χ2v) is 6.89. The maximum absolute atomic E-state index is 12.2. The Morgan fingerprint density at radius 3 is 2.88 bits per heavy atom. The molecule has 0 bridgehead atoms. The Bertz CT molecular complexity index is 840. The van der Waals surface area contributed by atoms with E-state index in [-0.39, 0.29) is 11.9 Å². The first-order chi connectivity index (χ1) is 11.8. The molecule has 1 aliphatic rings. The Morgan fingerprint density at radius 2 is 2.08 bits per heavy atom. The van der Waals surface area contributed by atoms with Gasteiger partial charge in [-0.2, -0.15) is 0 Å². The molecule has 122 valence electrons. The van der Waals surface area contributed by atoms with E-state index in [9.17, 15) is 4.79 Å². The fraction of sp³-hybridized carbons (Fsp3) is 0.278. The van der Waals surface area contributed by atoms with Crippen molar-refractivity contribution in [2.45, 2.75) is 18.9 Å². The van der Waals surface area contributed by atoms with Crippen LogP contribution in [0, 0.1) is 0 Å². The number of carbonyl (C=O) groups is 1. The predicted octanol–water partition coefficient (Wildman–Crippen LogP) is 3.09. The lowest BCUT2D eigenvalue weighted by Crippen LogP contribution is -2.45. The Morgan fingerprint density at radius 1 is 1.21 bits per heavy atom. The number of anilines is 1. The fourth-order valence-corrected chi connectivity index (χ4v) is 3.91.